The first-order chi connectivity index (χ1) is 14.1. The molecule has 0 spiro atoms. The maximum Gasteiger partial charge on any atom is 0.337 e. The van der Waals surface area contributed by atoms with Crippen LogP contribution in [-0.4, -0.2) is 49.7 Å². The van der Waals surface area contributed by atoms with E-state index in [9.17, 15) is 9.59 Å². The summed E-state index contributed by atoms with van der Waals surface area (Å²) in [5.41, 5.74) is 2.60. The summed E-state index contributed by atoms with van der Waals surface area (Å²) in [4.78, 5) is 26.5. The van der Waals surface area contributed by atoms with Gasteiger partial charge in [0.25, 0.3) is 0 Å². The smallest absolute Gasteiger partial charge is 0.337 e. The zero-order valence-corrected chi connectivity index (χ0v) is 17.4. The number of hydrogen-bond donors (Lipinski definition) is 2. The van der Waals surface area contributed by atoms with Crippen LogP contribution in [0.15, 0.2) is 35.9 Å². The van der Waals surface area contributed by atoms with Crippen LogP contribution in [0.4, 0.5) is 10.5 Å². The number of benzene rings is 1. The molecule has 0 bridgehead atoms. The number of urea groups is 1. The first-order valence-electron chi connectivity index (χ1n) is 10.8. The quantitative estimate of drug-likeness (QED) is 0.571. The fraction of sp³-hybridized carbons (Fsp3) is 0.565. The molecule has 0 saturated carbocycles. The Labute approximate surface area is 173 Å². The molecule has 0 radical (unpaired) electrons. The fourth-order valence-electron chi connectivity index (χ4n) is 4.12. The number of carbonyl (C=O) groups is 2. The number of nitrogens with one attached hydrogen (secondary N) is 2. The molecule has 158 valence electrons. The van der Waals surface area contributed by atoms with Gasteiger partial charge in [0.1, 0.15) is 0 Å². The van der Waals surface area contributed by atoms with Gasteiger partial charge < -0.3 is 15.4 Å². The van der Waals surface area contributed by atoms with E-state index in [1.165, 1.54) is 45.6 Å². The van der Waals surface area contributed by atoms with Crippen molar-refractivity contribution in [3.63, 3.8) is 0 Å². The van der Waals surface area contributed by atoms with Gasteiger partial charge in [-0.2, -0.15) is 0 Å². The Morgan fingerprint density at radius 3 is 2.72 bits per heavy atom. The average Bonchev–Trinajstić information content (AvgIpc) is 2.71. The summed E-state index contributed by atoms with van der Waals surface area (Å²) in [6, 6.07) is 6.73. The molecular weight excluding hydrogens is 366 g/mol. The fourth-order valence-corrected chi connectivity index (χ4v) is 4.12. The topological polar surface area (TPSA) is 70.7 Å². The molecule has 1 fully saturated rings. The van der Waals surface area contributed by atoms with E-state index in [1.807, 2.05) is 0 Å². The monoisotopic (exact) mass is 399 g/mol. The third-order valence-electron chi connectivity index (χ3n) is 5.78. The van der Waals surface area contributed by atoms with Crippen LogP contribution in [0.2, 0.25) is 0 Å². The predicted molar refractivity (Wildman–Crippen MR) is 115 cm³/mol. The number of esters is 1. The molecule has 29 heavy (non-hydrogen) atoms. The third-order valence-corrected chi connectivity index (χ3v) is 5.78. The Morgan fingerprint density at radius 1 is 1.14 bits per heavy atom. The predicted octanol–water partition coefficient (Wildman–Crippen LogP) is 4.34. The van der Waals surface area contributed by atoms with E-state index in [0.717, 1.165) is 32.5 Å². The van der Waals surface area contributed by atoms with Crippen LogP contribution in [-0.2, 0) is 4.74 Å². The summed E-state index contributed by atoms with van der Waals surface area (Å²) in [6.07, 6.45) is 12.2. The molecule has 2 amide bonds. The highest BCUT2D eigenvalue weighted by atomic mass is 16.5. The van der Waals surface area contributed by atoms with Crippen molar-refractivity contribution in [2.45, 2.75) is 57.4 Å². The lowest BCUT2D eigenvalue weighted by atomic mass is 9.98. The van der Waals surface area contributed by atoms with Crippen LogP contribution < -0.4 is 10.6 Å². The Hall–Kier alpha value is -2.34. The van der Waals surface area contributed by atoms with Crippen molar-refractivity contribution in [1.82, 2.24) is 10.2 Å². The molecule has 0 unspecified atom stereocenters. The minimum Gasteiger partial charge on any atom is -0.465 e. The summed E-state index contributed by atoms with van der Waals surface area (Å²) in [5.74, 6) is -0.416. The van der Waals surface area contributed by atoms with E-state index in [4.69, 9.17) is 4.74 Å². The van der Waals surface area contributed by atoms with Crippen LogP contribution in [0.5, 0.6) is 0 Å². The van der Waals surface area contributed by atoms with Crippen molar-refractivity contribution in [2.24, 2.45) is 0 Å². The number of hydrogen-bond acceptors (Lipinski definition) is 4. The van der Waals surface area contributed by atoms with Gasteiger partial charge in [0.2, 0.25) is 0 Å². The molecule has 6 nitrogen and oxygen atoms in total. The van der Waals surface area contributed by atoms with Crippen molar-refractivity contribution in [3.8, 4) is 0 Å². The van der Waals surface area contributed by atoms with Crippen molar-refractivity contribution in [1.29, 1.82) is 0 Å². The molecule has 6 heteroatoms. The Kier molecular flexibility index (Phi) is 8.11. The van der Waals surface area contributed by atoms with Gasteiger partial charge in [0.05, 0.1) is 12.7 Å². The van der Waals surface area contributed by atoms with Crippen LogP contribution in [0.1, 0.15) is 61.7 Å². The number of methoxy groups -OCH3 is 1. The van der Waals surface area contributed by atoms with E-state index >= 15 is 0 Å². The molecule has 1 aromatic rings. The Balaban J connectivity index is 1.42. The van der Waals surface area contributed by atoms with Gasteiger partial charge in [0, 0.05) is 31.4 Å². The SMILES string of the molecule is COC(=O)c1cccc(NC(=O)NC2CCN(C/C3=C/CCCCCC3)CC2)c1. The van der Waals surface area contributed by atoms with Gasteiger partial charge in [-0.15, -0.1) is 0 Å². The maximum atomic E-state index is 12.3. The van der Waals surface area contributed by atoms with E-state index < -0.39 is 5.97 Å². The molecule has 1 aromatic carbocycles. The van der Waals surface area contributed by atoms with Gasteiger partial charge in [-0.25, -0.2) is 9.59 Å². The number of rotatable bonds is 5. The lowest BCUT2D eigenvalue weighted by Crippen LogP contribution is -2.46. The summed E-state index contributed by atoms with van der Waals surface area (Å²) >= 11 is 0. The molecule has 1 aliphatic heterocycles. The highest BCUT2D eigenvalue weighted by Crippen LogP contribution is 2.20. The third kappa shape index (κ3) is 6.89. The summed E-state index contributed by atoms with van der Waals surface area (Å²) < 4.78 is 4.72. The normalized spacial score (nSPS) is 20.7. The van der Waals surface area contributed by atoms with E-state index in [-0.39, 0.29) is 12.1 Å². The minimum absolute atomic E-state index is 0.182. The molecule has 3 rings (SSSR count). The number of amides is 2. The van der Waals surface area contributed by atoms with Gasteiger partial charge in [-0.1, -0.05) is 30.6 Å². The summed E-state index contributed by atoms with van der Waals surface area (Å²) in [7, 11) is 1.34. The number of nitrogens with zero attached hydrogens (tertiary/aromatic N) is 1. The lowest BCUT2D eigenvalue weighted by molar-refractivity contribution is 0.0600. The van der Waals surface area contributed by atoms with E-state index in [2.05, 4.69) is 21.6 Å². The Bertz CT molecular complexity index is 724. The van der Waals surface area contributed by atoms with Crippen molar-refractivity contribution in [2.75, 3.05) is 32.1 Å². The molecule has 1 aliphatic carbocycles. The van der Waals surface area contributed by atoms with E-state index in [0.29, 0.717) is 11.3 Å². The molecule has 1 heterocycles. The first kappa shape index (κ1) is 21.4. The van der Waals surface area contributed by atoms with Crippen LogP contribution in [0.25, 0.3) is 0 Å². The van der Waals surface area contributed by atoms with Gasteiger partial charge in [0.15, 0.2) is 0 Å². The zero-order valence-electron chi connectivity index (χ0n) is 17.4. The summed E-state index contributed by atoms with van der Waals surface area (Å²) in [5, 5.41) is 5.88. The molecule has 0 aromatic heterocycles. The molecule has 0 atom stereocenters. The van der Waals surface area contributed by atoms with Gasteiger partial charge in [-0.05, 0) is 56.7 Å². The average molecular weight is 400 g/mol. The second-order valence-corrected chi connectivity index (χ2v) is 8.04. The lowest BCUT2D eigenvalue weighted by Gasteiger charge is -2.33. The van der Waals surface area contributed by atoms with Crippen LogP contribution in [0, 0.1) is 0 Å². The number of allylic oxidation sites excluding steroid dienone is 1. The van der Waals surface area contributed by atoms with Crippen LogP contribution in [0.3, 0.4) is 0 Å². The minimum atomic E-state index is -0.416. The number of carbonyl (C=O) groups excluding carboxylic acids is 2. The molecule has 2 aliphatic rings. The number of ether oxygens (including phenoxy) is 1. The molecular formula is C23H33N3O3. The maximum absolute atomic E-state index is 12.3. The van der Waals surface area contributed by atoms with Crippen molar-refractivity contribution >= 4 is 17.7 Å². The zero-order chi connectivity index (χ0) is 20.5. The van der Waals surface area contributed by atoms with Crippen molar-refractivity contribution < 1.29 is 14.3 Å². The largest absolute Gasteiger partial charge is 0.465 e. The first-order valence-corrected chi connectivity index (χ1v) is 10.8. The van der Waals surface area contributed by atoms with Crippen LogP contribution >= 0.6 is 0 Å². The van der Waals surface area contributed by atoms with E-state index in [1.54, 1.807) is 29.8 Å². The second-order valence-electron chi connectivity index (χ2n) is 8.04. The number of anilines is 1. The highest BCUT2D eigenvalue weighted by Gasteiger charge is 2.21. The molecule has 2 N–H and O–H groups in total. The highest BCUT2D eigenvalue weighted by molar-refractivity contribution is 5.93. The molecule has 1 saturated heterocycles. The van der Waals surface area contributed by atoms with Gasteiger partial charge in [-0.3, -0.25) is 4.90 Å². The standard InChI is InChI=1S/C23H33N3O3/c1-29-22(27)19-10-7-11-21(16-19)25-23(28)24-20-12-14-26(15-13-20)17-18-8-5-3-2-4-6-9-18/h7-8,10-11,16,20H,2-6,9,12-15,17H2,1H3,(H2,24,25,28)/b18-8+. The number of piperidine rings is 1. The Morgan fingerprint density at radius 2 is 1.93 bits per heavy atom. The number of likely N-dealkylation sites (tertiary alicyclic amines) is 1. The van der Waals surface area contributed by atoms with Gasteiger partial charge >= 0.3 is 12.0 Å². The summed E-state index contributed by atoms with van der Waals surface area (Å²) in [6.45, 7) is 3.11. The van der Waals surface area contributed by atoms with Crippen molar-refractivity contribution in [3.05, 3.63) is 41.5 Å². The second kappa shape index (κ2) is 11.0.